The summed E-state index contributed by atoms with van der Waals surface area (Å²) in [5, 5.41) is 10.7. The number of rotatable bonds is 11. The molecule has 0 radical (unpaired) electrons. The van der Waals surface area contributed by atoms with Gasteiger partial charge >= 0.3 is 0 Å². The minimum atomic E-state index is -0.697. The van der Waals surface area contributed by atoms with Crippen molar-refractivity contribution < 1.29 is 24.2 Å². The van der Waals surface area contributed by atoms with Gasteiger partial charge in [0.1, 0.15) is 5.75 Å². The maximum Gasteiger partial charge on any atom is 0.290 e. The molecule has 0 aliphatic carbocycles. The van der Waals surface area contributed by atoms with Crippen molar-refractivity contribution in [2.75, 3.05) is 26.9 Å². The van der Waals surface area contributed by atoms with E-state index in [1.54, 1.807) is 13.2 Å². The van der Waals surface area contributed by atoms with Crippen LogP contribution in [0.5, 0.6) is 5.75 Å². The first-order valence-corrected chi connectivity index (χ1v) is 10.8. The number of amides is 1. The van der Waals surface area contributed by atoms with Crippen molar-refractivity contribution in [2.24, 2.45) is 0 Å². The summed E-state index contributed by atoms with van der Waals surface area (Å²) >= 11 is 0. The van der Waals surface area contributed by atoms with Crippen molar-refractivity contribution in [2.45, 2.75) is 25.8 Å². The number of carbonyl (C=O) groups excluding carboxylic acids is 2. The van der Waals surface area contributed by atoms with Crippen LogP contribution in [0.15, 0.2) is 72.0 Å². The summed E-state index contributed by atoms with van der Waals surface area (Å²) in [6.07, 6.45) is 4.53. The Bertz CT molecular complexity index is 996. The minimum Gasteiger partial charge on any atom is -0.503 e. The second-order valence-electron chi connectivity index (χ2n) is 7.54. The Labute approximate surface area is 188 Å². The van der Waals surface area contributed by atoms with E-state index in [4.69, 9.17) is 9.47 Å². The van der Waals surface area contributed by atoms with E-state index in [9.17, 15) is 14.7 Å². The van der Waals surface area contributed by atoms with E-state index in [0.717, 1.165) is 12.0 Å². The number of hydrogen-bond donors (Lipinski definition) is 1. The Hall–Kier alpha value is -3.38. The number of aliphatic hydroxyl groups is 1. The third kappa shape index (κ3) is 5.45. The molecule has 2 aromatic rings. The van der Waals surface area contributed by atoms with Crippen molar-refractivity contribution in [3.05, 3.63) is 83.1 Å². The number of benzene rings is 2. The molecule has 2 aromatic carbocycles. The Kier molecular flexibility index (Phi) is 8.22. The van der Waals surface area contributed by atoms with Crippen molar-refractivity contribution >= 4 is 17.8 Å². The lowest BCUT2D eigenvalue weighted by molar-refractivity contribution is -0.129. The number of methoxy groups -OCH3 is 1. The molecule has 6 nitrogen and oxygen atoms in total. The topological polar surface area (TPSA) is 76.1 Å². The van der Waals surface area contributed by atoms with E-state index < -0.39 is 23.5 Å². The van der Waals surface area contributed by atoms with Crippen LogP contribution < -0.4 is 4.74 Å². The third-order valence-electron chi connectivity index (χ3n) is 5.19. The first kappa shape index (κ1) is 23.3. The molecule has 0 bridgehead atoms. The summed E-state index contributed by atoms with van der Waals surface area (Å²) < 4.78 is 10.9. The molecule has 1 aliphatic rings. The fourth-order valence-electron chi connectivity index (χ4n) is 3.68. The van der Waals surface area contributed by atoms with Crippen LogP contribution in [0.3, 0.4) is 0 Å². The SMILES string of the molecule is CCCOc1cccc(C2C(C(=O)/C=C/c3ccccc3)=C(O)C(=O)N2CCCOC)c1. The molecule has 3 rings (SSSR count). The third-order valence-corrected chi connectivity index (χ3v) is 5.19. The van der Waals surface area contributed by atoms with Crippen LogP contribution in [-0.4, -0.2) is 48.6 Å². The average molecular weight is 436 g/mol. The number of allylic oxidation sites excluding steroid dienone is 1. The maximum absolute atomic E-state index is 13.2. The number of ether oxygens (including phenoxy) is 2. The van der Waals surface area contributed by atoms with Gasteiger partial charge < -0.3 is 19.5 Å². The largest absolute Gasteiger partial charge is 0.503 e. The monoisotopic (exact) mass is 435 g/mol. The van der Waals surface area contributed by atoms with Crippen molar-refractivity contribution in [3.8, 4) is 5.75 Å². The highest BCUT2D eigenvalue weighted by Gasteiger charge is 2.42. The van der Waals surface area contributed by atoms with Gasteiger partial charge in [-0.15, -0.1) is 0 Å². The molecule has 1 atom stereocenters. The number of nitrogens with zero attached hydrogens (tertiary/aromatic N) is 1. The first-order valence-electron chi connectivity index (χ1n) is 10.8. The summed E-state index contributed by atoms with van der Waals surface area (Å²) in [6.45, 7) is 3.40. The van der Waals surface area contributed by atoms with Gasteiger partial charge in [-0.1, -0.05) is 55.5 Å². The summed E-state index contributed by atoms with van der Waals surface area (Å²) in [4.78, 5) is 27.6. The van der Waals surface area contributed by atoms with Gasteiger partial charge in [0.25, 0.3) is 5.91 Å². The smallest absolute Gasteiger partial charge is 0.290 e. The molecule has 1 aliphatic heterocycles. The normalized spacial score (nSPS) is 16.2. The maximum atomic E-state index is 13.2. The number of hydrogen-bond acceptors (Lipinski definition) is 5. The number of ketones is 1. The predicted molar refractivity (Wildman–Crippen MR) is 123 cm³/mol. The van der Waals surface area contributed by atoms with Crippen molar-refractivity contribution in [1.29, 1.82) is 0 Å². The second-order valence-corrected chi connectivity index (χ2v) is 7.54. The fourth-order valence-corrected chi connectivity index (χ4v) is 3.68. The summed E-state index contributed by atoms with van der Waals surface area (Å²) in [6, 6.07) is 16.0. The lowest BCUT2D eigenvalue weighted by atomic mass is 9.95. The highest BCUT2D eigenvalue weighted by molar-refractivity contribution is 6.14. The molecular weight excluding hydrogens is 406 g/mol. The molecule has 0 saturated heterocycles. The van der Waals surface area contributed by atoms with Crippen LogP contribution >= 0.6 is 0 Å². The Morgan fingerprint density at radius 3 is 2.62 bits per heavy atom. The molecule has 168 valence electrons. The van der Waals surface area contributed by atoms with E-state index in [-0.39, 0.29) is 5.57 Å². The zero-order valence-corrected chi connectivity index (χ0v) is 18.5. The molecular formula is C26H29NO5. The van der Waals surface area contributed by atoms with Crippen LogP contribution in [0, 0.1) is 0 Å². The molecule has 6 heteroatoms. The lowest BCUT2D eigenvalue weighted by Gasteiger charge is -2.27. The van der Waals surface area contributed by atoms with E-state index in [2.05, 4.69) is 0 Å². The quantitative estimate of drug-likeness (QED) is 0.416. The lowest BCUT2D eigenvalue weighted by Crippen LogP contribution is -2.32. The van der Waals surface area contributed by atoms with Crippen molar-refractivity contribution in [3.63, 3.8) is 0 Å². The zero-order chi connectivity index (χ0) is 22.9. The number of carbonyl (C=O) groups is 2. The van der Waals surface area contributed by atoms with E-state index >= 15 is 0 Å². The number of aliphatic hydroxyl groups excluding tert-OH is 1. The van der Waals surface area contributed by atoms with Crippen LogP contribution in [0.25, 0.3) is 6.08 Å². The molecule has 32 heavy (non-hydrogen) atoms. The molecule has 1 N–H and O–H groups in total. The van der Waals surface area contributed by atoms with E-state index in [1.807, 2.05) is 61.5 Å². The Morgan fingerprint density at radius 1 is 1.12 bits per heavy atom. The molecule has 1 amide bonds. The Balaban J connectivity index is 1.96. The summed E-state index contributed by atoms with van der Waals surface area (Å²) in [5.41, 5.74) is 1.64. The van der Waals surface area contributed by atoms with Crippen LogP contribution in [0.4, 0.5) is 0 Å². The average Bonchev–Trinajstić information content (AvgIpc) is 3.07. The molecule has 0 saturated carbocycles. The zero-order valence-electron chi connectivity index (χ0n) is 18.5. The minimum absolute atomic E-state index is 0.0761. The van der Waals surface area contributed by atoms with Gasteiger partial charge in [-0.2, -0.15) is 0 Å². The van der Waals surface area contributed by atoms with Crippen LogP contribution in [0.2, 0.25) is 0 Å². The molecule has 0 fully saturated rings. The first-order chi connectivity index (χ1) is 15.6. The van der Waals surface area contributed by atoms with Crippen molar-refractivity contribution in [1.82, 2.24) is 4.90 Å². The fraction of sp³-hybridized carbons (Fsp3) is 0.308. The van der Waals surface area contributed by atoms with Gasteiger partial charge in [-0.3, -0.25) is 9.59 Å². The highest BCUT2D eigenvalue weighted by atomic mass is 16.5. The van der Waals surface area contributed by atoms with Gasteiger partial charge in [0.15, 0.2) is 11.5 Å². The summed E-state index contributed by atoms with van der Waals surface area (Å²) in [7, 11) is 1.59. The second kappa shape index (κ2) is 11.3. The highest BCUT2D eigenvalue weighted by Crippen LogP contribution is 2.39. The van der Waals surface area contributed by atoms with Gasteiger partial charge in [0.05, 0.1) is 18.2 Å². The van der Waals surface area contributed by atoms with Gasteiger partial charge in [-0.25, -0.2) is 0 Å². The Morgan fingerprint density at radius 2 is 1.91 bits per heavy atom. The van der Waals surface area contributed by atoms with Gasteiger partial charge in [0, 0.05) is 20.3 Å². The summed E-state index contributed by atoms with van der Waals surface area (Å²) in [5.74, 6) is -0.803. The van der Waals surface area contributed by atoms with Crippen LogP contribution in [0.1, 0.15) is 36.9 Å². The predicted octanol–water partition coefficient (Wildman–Crippen LogP) is 4.49. The van der Waals surface area contributed by atoms with Crippen LogP contribution in [-0.2, 0) is 14.3 Å². The molecule has 0 spiro atoms. The van der Waals surface area contributed by atoms with E-state index in [1.165, 1.54) is 11.0 Å². The standard InChI is InChI=1S/C26H29NO5/c1-3-16-32-21-12-7-11-20(18-21)24-23(22(28)14-13-19-9-5-4-6-10-19)25(29)26(30)27(24)15-8-17-31-2/h4-7,9-14,18,24,29H,3,8,15-17H2,1-2H3/b14-13+. The van der Waals surface area contributed by atoms with E-state index in [0.29, 0.717) is 37.5 Å². The molecule has 1 unspecified atom stereocenters. The van der Waals surface area contributed by atoms with Gasteiger partial charge in [-0.05, 0) is 42.2 Å². The molecule has 0 aromatic heterocycles. The van der Waals surface area contributed by atoms with Gasteiger partial charge in [0.2, 0.25) is 0 Å². The molecule has 1 heterocycles.